The highest BCUT2D eigenvalue weighted by atomic mass is 16.7. The van der Waals surface area contributed by atoms with Gasteiger partial charge in [0.15, 0.2) is 11.6 Å². The van der Waals surface area contributed by atoms with E-state index in [1.165, 1.54) is 0 Å². The van der Waals surface area contributed by atoms with E-state index < -0.39 is 11.9 Å². The van der Waals surface area contributed by atoms with Crippen LogP contribution in [0.1, 0.15) is 40.0 Å². The summed E-state index contributed by atoms with van der Waals surface area (Å²) in [6.07, 6.45) is 0.567. The molecule has 1 unspecified atom stereocenters. The zero-order chi connectivity index (χ0) is 11.5. The van der Waals surface area contributed by atoms with Gasteiger partial charge in [-0.15, -0.1) is 0 Å². The van der Waals surface area contributed by atoms with E-state index >= 15 is 0 Å². The number of carbonyl (C=O) groups excluding carboxylic acids is 2. The summed E-state index contributed by atoms with van der Waals surface area (Å²) in [4.78, 5) is 22.6. The molecule has 0 saturated carbocycles. The average Bonchev–Trinajstić information content (AvgIpc) is 2.54. The van der Waals surface area contributed by atoms with Crippen LogP contribution < -0.4 is 0 Å². The van der Waals surface area contributed by atoms with Crippen LogP contribution in [0.3, 0.4) is 0 Å². The summed E-state index contributed by atoms with van der Waals surface area (Å²) in [5.74, 6) is -0.598. The lowest BCUT2D eigenvalue weighted by Gasteiger charge is -2.16. The summed E-state index contributed by atoms with van der Waals surface area (Å²) < 4.78 is 10.7. The van der Waals surface area contributed by atoms with Crippen LogP contribution in [0.5, 0.6) is 0 Å². The summed E-state index contributed by atoms with van der Waals surface area (Å²) in [5.41, 5.74) is 0. The van der Waals surface area contributed by atoms with Gasteiger partial charge in [0.1, 0.15) is 11.9 Å². The Balaban J connectivity index is 2.33. The molecular formula is C11H18O4. The highest BCUT2D eigenvalue weighted by Gasteiger charge is 2.36. The standard InChI is InChI=1S/C11H18O4/c1-4-8(12)5-6-9(13)10-7-14-11(2,3)15-10/h10H,4-7H2,1-3H3. The van der Waals surface area contributed by atoms with Crippen molar-refractivity contribution in [2.24, 2.45) is 0 Å². The van der Waals surface area contributed by atoms with Gasteiger partial charge in [0.25, 0.3) is 0 Å². The van der Waals surface area contributed by atoms with Crippen molar-refractivity contribution in [3.8, 4) is 0 Å². The van der Waals surface area contributed by atoms with Crippen molar-refractivity contribution in [3.63, 3.8) is 0 Å². The number of ether oxygens (including phenoxy) is 2. The molecule has 1 rings (SSSR count). The molecule has 1 aliphatic rings. The third-order valence-electron chi connectivity index (χ3n) is 2.41. The molecule has 0 aromatic carbocycles. The van der Waals surface area contributed by atoms with Gasteiger partial charge in [-0.05, 0) is 13.8 Å². The summed E-state index contributed by atoms with van der Waals surface area (Å²) in [5, 5.41) is 0. The first kappa shape index (κ1) is 12.3. The second-order valence-corrected chi connectivity index (χ2v) is 4.18. The molecule has 0 aromatic heterocycles. The topological polar surface area (TPSA) is 52.6 Å². The average molecular weight is 214 g/mol. The minimum absolute atomic E-state index is 0.0395. The maximum Gasteiger partial charge on any atom is 0.164 e. The van der Waals surface area contributed by atoms with Crippen LogP contribution in [0.15, 0.2) is 0 Å². The third kappa shape index (κ3) is 3.72. The highest BCUT2D eigenvalue weighted by Crippen LogP contribution is 2.23. The van der Waals surface area contributed by atoms with Crippen molar-refractivity contribution in [1.29, 1.82) is 0 Å². The molecular weight excluding hydrogens is 196 g/mol. The molecule has 4 heteroatoms. The summed E-state index contributed by atoms with van der Waals surface area (Å²) in [6, 6.07) is 0. The Labute approximate surface area is 89.9 Å². The van der Waals surface area contributed by atoms with E-state index in [1.54, 1.807) is 20.8 Å². The zero-order valence-electron chi connectivity index (χ0n) is 9.54. The molecule has 0 radical (unpaired) electrons. The van der Waals surface area contributed by atoms with E-state index in [-0.39, 0.29) is 18.0 Å². The van der Waals surface area contributed by atoms with Gasteiger partial charge in [0.2, 0.25) is 0 Å². The Morgan fingerprint density at radius 2 is 2.00 bits per heavy atom. The maximum absolute atomic E-state index is 11.6. The molecule has 1 fully saturated rings. The summed E-state index contributed by atoms with van der Waals surface area (Å²) >= 11 is 0. The predicted octanol–water partition coefficient (Wildman–Crippen LogP) is 1.47. The molecule has 0 N–H and O–H groups in total. The Hall–Kier alpha value is -0.740. The Morgan fingerprint density at radius 3 is 2.47 bits per heavy atom. The van der Waals surface area contributed by atoms with Crippen LogP contribution in [0.25, 0.3) is 0 Å². The Morgan fingerprint density at radius 1 is 1.33 bits per heavy atom. The molecule has 1 atom stereocenters. The molecule has 1 saturated heterocycles. The van der Waals surface area contributed by atoms with Crippen LogP contribution in [0, 0.1) is 0 Å². The van der Waals surface area contributed by atoms with Crippen molar-refractivity contribution in [2.75, 3.05) is 6.61 Å². The zero-order valence-corrected chi connectivity index (χ0v) is 9.54. The molecule has 0 aliphatic carbocycles. The molecule has 0 spiro atoms. The van der Waals surface area contributed by atoms with Gasteiger partial charge in [-0.1, -0.05) is 6.92 Å². The lowest BCUT2D eigenvalue weighted by atomic mass is 10.1. The number of carbonyl (C=O) groups is 2. The van der Waals surface area contributed by atoms with Crippen LogP contribution in [-0.4, -0.2) is 30.1 Å². The van der Waals surface area contributed by atoms with Crippen molar-refractivity contribution in [2.45, 2.75) is 51.9 Å². The van der Waals surface area contributed by atoms with Gasteiger partial charge in [-0.25, -0.2) is 0 Å². The van der Waals surface area contributed by atoms with Gasteiger partial charge in [0, 0.05) is 19.3 Å². The molecule has 0 bridgehead atoms. The fraction of sp³-hybridized carbons (Fsp3) is 0.818. The summed E-state index contributed by atoms with van der Waals surface area (Å²) in [7, 11) is 0. The van der Waals surface area contributed by atoms with Gasteiger partial charge >= 0.3 is 0 Å². The van der Waals surface area contributed by atoms with E-state index in [0.717, 1.165) is 0 Å². The van der Waals surface area contributed by atoms with Crippen LogP contribution >= 0.6 is 0 Å². The fourth-order valence-electron chi connectivity index (χ4n) is 1.45. The van der Waals surface area contributed by atoms with Crippen molar-refractivity contribution in [1.82, 2.24) is 0 Å². The number of rotatable bonds is 5. The first-order chi connectivity index (χ1) is 6.94. The minimum atomic E-state index is -0.672. The fourth-order valence-corrected chi connectivity index (χ4v) is 1.45. The molecule has 15 heavy (non-hydrogen) atoms. The van der Waals surface area contributed by atoms with Crippen molar-refractivity contribution < 1.29 is 19.1 Å². The van der Waals surface area contributed by atoms with Gasteiger partial charge in [0.05, 0.1) is 6.61 Å². The quantitative estimate of drug-likeness (QED) is 0.695. The molecule has 0 aromatic rings. The highest BCUT2D eigenvalue weighted by molar-refractivity contribution is 5.88. The first-order valence-corrected chi connectivity index (χ1v) is 5.31. The van der Waals surface area contributed by atoms with E-state index in [4.69, 9.17) is 9.47 Å². The number of ketones is 2. The number of hydrogen-bond acceptors (Lipinski definition) is 4. The molecule has 86 valence electrons. The first-order valence-electron chi connectivity index (χ1n) is 5.31. The van der Waals surface area contributed by atoms with E-state index in [9.17, 15) is 9.59 Å². The molecule has 1 heterocycles. The second kappa shape index (κ2) is 4.86. The van der Waals surface area contributed by atoms with Crippen LogP contribution in [0.4, 0.5) is 0 Å². The molecule has 4 nitrogen and oxygen atoms in total. The van der Waals surface area contributed by atoms with E-state index in [2.05, 4.69) is 0 Å². The SMILES string of the molecule is CCC(=O)CCC(=O)C1COC(C)(C)O1. The van der Waals surface area contributed by atoms with Crippen LogP contribution in [0.2, 0.25) is 0 Å². The maximum atomic E-state index is 11.6. The van der Waals surface area contributed by atoms with Gasteiger partial charge in [-0.2, -0.15) is 0 Å². The van der Waals surface area contributed by atoms with Gasteiger partial charge in [-0.3, -0.25) is 9.59 Å². The Bertz CT molecular complexity index is 257. The van der Waals surface area contributed by atoms with E-state index in [1.807, 2.05) is 0 Å². The minimum Gasteiger partial charge on any atom is -0.347 e. The monoisotopic (exact) mass is 214 g/mol. The molecule has 1 aliphatic heterocycles. The lowest BCUT2D eigenvalue weighted by Crippen LogP contribution is -2.27. The smallest absolute Gasteiger partial charge is 0.164 e. The van der Waals surface area contributed by atoms with E-state index in [0.29, 0.717) is 19.4 Å². The normalized spacial score (nSPS) is 24.1. The molecule has 0 amide bonds. The summed E-state index contributed by atoms with van der Waals surface area (Å²) in [6.45, 7) is 5.65. The lowest BCUT2D eigenvalue weighted by molar-refractivity contribution is -0.152. The van der Waals surface area contributed by atoms with Crippen molar-refractivity contribution >= 4 is 11.6 Å². The van der Waals surface area contributed by atoms with Gasteiger partial charge < -0.3 is 9.47 Å². The van der Waals surface area contributed by atoms with Crippen molar-refractivity contribution in [3.05, 3.63) is 0 Å². The number of Topliss-reactive ketones (excluding diaryl/α,β-unsaturated/α-hetero) is 2. The third-order valence-corrected chi connectivity index (χ3v) is 2.41. The number of hydrogen-bond donors (Lipinski definition) is 0. The largest absolute Gasteiger partial charge is 0.347 e. The Kier molecular flexibility index (Phi) is 3.99. The van der Waals surface area contributed by atoms with Crippen LogP contribution in [-0.2, 0) is 19.1 Å². The second-order valence-electron chi connectivity index (χ2n) is 4.18. The predicted molar refractivity (Wildman–Crippen MR) is 54.4 cm³/mol.